The summed E-state index contributed by atoms with van der Waals surface area (Å²) in [5.41, 5.74) is -1.50. The Morgan fingerprint density at radius 3 is 2.48 bits per heavy atom. The Balaban J connectivity index is 2.20. The van der Waals surface area contributed by atoms with E-state index in [0.29, 0.717) is 18.6 Å². The molecule has 2 rings (SSSR count). The van der Waals surface area contributed by atoms with E-state index < -0.39 is 23.2 Å². The van der Waals surface area contributed by atoms with Crippen LogP contribution >= 0.6 is 0 Å². The lowest BCUT2D eigenvalue weighted by Gasteiger charge is -2.29. The maximum Gasteiger partial charge on any atom is 0.408 e. The van der Waals surface area contributed by atoms with E-state index in [4.69, 9.17) is 14.4 Å². The summed E-state index contributed by atoms with van der Waals surface area (Å²) >= 11 is 0. The second-order valence-corrected chi connectivity index (χ2v) is 6.30. The number of aromatic carboxylic acids is 1. The average molecular weight is 296 g/mol. The summed E-state index contributed by atoms with van der Waals surface area (Å²) in [4.78, 5) is 22.9. The monoisotopic (exact) mass is 296 g/mol. The molecule has 1 aromatic rings. The second kappa shape index (κ2) is 5.38. The highest BCUT2D eigenvalue weighted by molar-refractivity contribution is 5.85. The van der Waals surface area contributed by atoms with Crippen LogP contribution in [0.3, 0.4) is 0 Å². The molecule has 0 saturated heterocycles. The van der Waals surface area contributed by atoms with Crippen molar-refractivity contribution in [2.75, 3.05) is 0 Å². The number of carbonyl (C=O) groups is 2. The third kappa shape index (κ3) is 3.53. The molecule has 1 amide bonds. The van der Waals surface area contributed by atoms with Gasteiger partial charge in [0, 0.05) is 6.07 Å². The van der Waals surface area contributed by atoms with Gasteiger partial charge in [-0.1, -0.05) is 18.0 Å². The van der Waals surface area contributed by atoms with Crippen molar-refractivity contribution in [2.45, 2.75) is 57.6 Å². The lowest BCUT2D eigenvalue weighted by atomic mass is 9.94. The van der Waals surface area contributed by atoms with Gasteiger partial charge in [0.1, 0.15) is 11.1 Å². The van der Waals surface area contributed by atoms with Crippen LogP contribution in [-0.2, 0) is 10.3 Å². The van der Waals surface area contributed by atoms with Crippen LogP contribution in [0.2, 0.25) is 0 Å². The number of carboxylic acids is 1. The molecule has 0 spiro atoms. The number of carboxylic acid groups (broad SMARTS) is 1. The van der Waals surface area contributed by atoms with Crippen molar-refractivity contribution in [3.05, 3.63) is 17.5 Å². The van der Waals surface area contributed by atoms with Crippen LogP contribution in [0.4, 0.5) is 4.79 Å². The van der Waals surface area contributed by atoms with Gasteiger partial charge in [0.05, 0.1) is 0 Å². The van der Waals surface area contributed by atoms with Crippen molar-refractivity contribution in [3.63, 3.8) is 0 Å². The molecule has 7 heteroatoms. The standard InChI is InChI=1S/C14H20N2O5/c1-13(2,3)20-12(19)15-14(6-4-5-7-14)10-8-9(11(17)18)16-21-10/h8H,4-7H2,1-3H3,(H,15,19)(H,17,18). The third-order valence-corrected chi connectivity index (χ3v) is 3.40. The first-order chi connectivity index (χ1) is 9.72. The number of carbonyl (C=O) groups excluding carboxylic acids is 1. The van der Waals surface area contributed by atoms with Crippen LogP contribution in [0, 0.1) is 0 Å². The molecular weight excluding hydrogens is 276 g/mol. The van der Waals surface area contributed by atoms with Crippen molar-refractivity contribution >= 4 is 12.1 Å². The first kappa shape index (κ1) is 15.3. The van der Waals surface area contributed by atoms with E-state index in [1.165, 1.54) is 6.07 Å². The van der Waals surface area contributed by atoms with Crippen molar-refractivity contribution in [1.82, 2.24) is 10.5 Å². The van der Waals surface area contributed by atoms with Gasteiger partial charge in [0.15, 0.2) is 11.5 Å². The summed E-state index contributed by atoms with van der Waals surface area (Å²) in [6.45, 7) is 5.35. The smallest absolute Gasteiger partial charge is 0.408 e. The molecule has 0 aliphatic heterocycles. The molecule has 0 aromatic carbocycles. The molecule has 1 aliphatic carbocycles. The van der Waals surface area contributed by atoms with Gasteiger partial charge in [-0.2, -0.15) is 0 Å². The molecular formula is C14H20N2O5. The average Bonchev–Trinajstić information content (AvgIpc) is 2.93. The summed E-state index contributed by atoms with van der Waals surface area (Å²) in [6.07, 6.45) is 2.62. The Hall–Kier alpha value is -2.05. The summed E-state index contributed by atoms with van der Waals surface area (Å²) in [5, 5.41) is 15.3. The molecule has 1 fully saturated rings. The minimum Gasteiger partial charge on any atom is -0.476 e. The van der Waals surface area contributed by atoms with Gasteiger partial charge >= 0.3 is 12.1 Å². The predicted octanol–water partition coefficient (Wildman–Crippen LogP) is 2.67. The number of hydrogen-bond donors (Lipinski definition) is 2. The van der Waals surface area contributed by atoms with Gasteiger partial charge in [0.25, 0.3) is 0 Å². The fourth-order valence-electron chi connectivity index (χ4n) is 2.51. The second-order valence-electron chi connectivity index (χ2n) is 6.30. The number of ether oxygens (including phenoxy) is 1. The van der Waals surface area contributed by atoms with Crippen LogP contribution in [0.15, 0.2) is 10.6 Å². The highest BCUT2D eigenvalue weighted by Crippen LogP contribution is 2.39. The number of nitrogens with zero attached hydrogens (tertiary/aromatic N) is 1. The SMILES string of the molecule is CC(C)(C)OC(=O)NC1(c2cc(C(=O)O)no2)CCCC1. The van der Waals surface area contributed by atoms with Crippen molar-refractivity contribution in [2.24, 2.45) is 0 Å². The summed E-state index contributed by atoms with van der Waals surface area (Å²) in [7, 11) is 0. The molecule has 0 bridgehead atoms. The lowest BCUT2D eigenvalue weighted by Crippen LogP contribution is -2.45. The minimum atomic E-state index is -1.16. The van der Waals surface area contributed by atoms with E-state index in [-0.39, 0.29) is 5.69 Å². The molecule has 2 N–H and O–H groups in total. The normalized spacial score (nSPS) is 17.5. The Bertz CT molecular complexity index is 538. The Morgan fingerprint density at radius 1 is 1.38 bits per heavy atom. The van der Waals surface area contributed by atoms with Gasteiger partial charge in [-0.05, 0) is 33.6 Å². The fourth-order valence-corrected chi connectivity index (χ4v) is 2.51. The molecule has 7 nitrogen and oxygen atoms in total. The summed E-state index contributed by atoms with van der Waals surface area (Å²) in [6, 6.07) is 1.37. The molecule has 0 radical (unpaired) electrons. The Labute approximate surface area is 122 Å². The first-order valence-electron chi connectivity index (χ1n) is 6.93. The fraction of sp³-hybridized carbons (Fsp3) is 0.643. The molecule has 1 heterocycles. The maximum atomic E-state index is 12.0. The molecule has 1 saturated carbocycles. The number of alkyl carbamates (subject to hydrolysis) is 1. The summed E-state index contributed by atoms with van der Waals surface area (Å²) in [5.74, 6) is -0.793. The number of aromatic nitrogens is 1. The van der Waals surface area contributed by atoms with Gasteiger partial charge in [-0.3, -0.25) is 0 Å². The van der Waals surface area contributed by atoms with Crippen LogP contribution in [-0.4, -0.2) is 27.9 Å². The molecule has 116 valence electrons. The maximum absolute atomic E-state index is 12.0. The predicted molar refractivity (Wildman–Crippen MR) is 73.0 cm³/mol. The van der Waals surface area contributed by atoms with Gasteiger partial charge in [-0.15, -0.1) is 0 Å². The van der Waals surface area contributed by atoms with Crippen LogP contribution < -0.4 is 5.32 Å². The minimum absolute atomic E-state index is 0.165. The number of nitrogens with one attached hydrogen (secondary N) is 1. The number of rotatable bonds is 3. The summed E-state index contributed by atoms with van der Waals surface area (Å²) < 4.78 is 10.4. The van der Waals surface area contributed by atoms with E-state index in [0.717, 1.165) is 12.8 Å². The van der Waals surface area contributed by atoms with Gasteiger partial charge < -0.3 is 19.7 Å². The van der Waals surface area contributed by atoms with Crippen LogP contribution in [0.1, 0.15) is 62.7 Å². The largest absolute Gasteiger partial charge is 0.476 e. The third-order valence-electron chi connectivity index (χ3n) is 3.40. The number of hydrogen-bond acceptors (Lipinski definition) is 5. The van der Waals surface area contributed by atoms with Gasteiger partial charge in [0.2, 0.25) is 0 Å². The molecule has 0 atom stereocenters. The molecule has 1 aliphatic rings. The van der Waals surface area contributed by atoms with Gasteiger partial charge in [-0.25, -0.2) is 9.59 Å². The first-order valence-corrected chi connectivity index (χ1v) is 6.93. The topological polar surface area (TPSA) is 102 Å². The van der Waals surface area contributed by atoms with E-state index in [9.17, 15) is 9.59 Å². The zero-order valence-corrected chi connectivity index (χ0v) is 12.4. The molecule has 21 heavy (non-hydrogen) atoms. The van der Waals surface area contributed by atoms with E-state index in [1.54, 1.807) is 20.8 Å². The molecule has 0 unspecified atom stereocenters. The van der Waals surface area contributed by atoms with E-state index in [2.05, 4.69) is 10.5 Å². The van der Waals surface area contributed by atoms with Crippen LogP contribution in [0.5, 0.6) is 0 Å². The van der Waals surface area contributed by atoms with E-state index >= 15 is 0 Å². The lowest BCUT2D eigenvalue weighted by molar-refractivity contribution is 0.0432. The highest BCUT2D eigenvalue weighted by Gasteiger charge is 2.42. The van der Waals surface area contributed by atoms with Crippen LogP contribution in [0.25, 0.3) is 0 Å². The molecule has 1 aromatic heterocycles. The zero-order chi connectivity index (χ0) is 15.7. The zero-order valence-electron chi connectivity index (χ0n) is 12.4. The highest BCUT2D eigenvalue weighted by atomic mass is 16.6. The van der Waals surface area contributed by atoms with E-state index in [1.807, 2.05) is 0 Å². The Morgan fingerprint density at radius 2 is 2.00 bits per heavy atom. The van der Waals surface area contributed by atoms with Crippen molar-refractivity contribution in [3.8, 4) is 0 Å². The van der Waals surface area contributed by atoms with Crippen molar-refractivity contribution in [1.29, 1.82) is 0 Å². The quantitative estimate of drug-likeness (QED) is 0.889. The Kier molecular flexibility index (Phi) is 3.93. The van der Waals surface area contributed by atoms with Crippen molar-refractivity contribution < 1.29 is 24.0 Å². The number of amides is 1.